The van der Waals surface area contributed by atoms with Crippen molar-refractivity contribution >= 4 is 45.9 Å². The maximum atomic E-state index is 5.28. The molecule has 1 aromatic rings. The van der Waals surface area contributed by atoms with Gasteiger partial charge in [0.1, 0.15) is 0 Å². The summed E-state index contributed by atoms with van der Waals surface area (Å²) in [4.78, 5) is 4.04. The largest absolute Gasteiger partial charge is 0.370 e. The summed E-state index contributed by atoms with van der Waals surface area (Å²) < 4.78 is 1.03. The molecule has 4 N–H and O–H groups in total. The minimum Gasteiger partial charge on any atom is -0.370 e. The number of hydrogen-bond donors (Lipinski definition) is 2. The minimum absolute atomic E-state index is 0. The van der Waals surface area contributed by atoms with Crippen LogP contribution in [0, 0.1) is 0 Å². The molecule has 3 nitrogen and oxygen atoms in total. The van der Waals surface area contributed by atoms with Gasteiger partial charge in [-0.2, -0.15) is 0 Å². The molecule has 14 heavy (non-hydrogen) atoms. The first-order chi connectivity index (χ1) is 6.09. The van der Waals surface area contributed by atoms with E-state index in [1.54, 1.807) is 0 Å². The second-order valence-electron chi connectivity index (χ2n) is 2.78. The zero-order valence-corrected chi connectivity index (χ0v) is 11.7. The molecule has 1 atom stereocenters. The lowest BCUT2D eigenvalue weighted by atomic mass is 10.1. The Kier molecular flexibility index (Phi) is 6.10. The zero-order chi connectivity index (χ0) is 9.84. The summed E-state index contributed by atoms with van der Waals surface area (Å²) in [6.45, 7) is 1.95. The van der Waals surface area contributed by atoms with Crippen LogP contribution in [0.25, 0.3) is 0 Å². The summed E-state index contributed by atoms with van der Waals surface area (Å²) in [6.07, 6.45) is 0. The molecular weight excluding hydrogens is 357 g/mol. The molecule has 1 unspecified atom stereocenters. The highest BCUT2D eigenvalue weighted by molar-refractivity contribution is 14.0. The molecule has 0 aliphatic heterocycles. The molecular formula is C9H13BrIN3. The van der Waals surface area contributed by atoms with E-state index in [0.717, 1.165) is 10.0 Å². The molecule has 0 radical (unpaired) electrons. The maximum Gasteiger partial charge on any atom is 0.186 e. The van der Waals surface area contributed by atoms with Crippen molar-refractivity contribution in [1.82, 2.24) is 0 Å². The predicted molar refractivity (Wildman–Crippen MR) is 73.8 cm³/mol. The highest BCUT2D eigenvalue weighted by Crippen LogP contribution is 2.20. The molecule has 5 heteroatoms. The van der Waals surface area contributed by atoms with Crippen molar-refractivity contribution in [2.45, 2.75) is 13.0 Å². The van der Waals surface area contributed by atoms with Crippen molar-refractivity contribution in [3.05, 3.63) is 34.3 Å². The van der Waals surface area contributed by atoms with Crippen LogP contribution >= 0.6 is 39.9 Å². The van der Waals surface area contributed by atoms with Crippen molar-refractivity contribution in [3.63, 3.8) is 0 Å². The van der Waals surface area contributed by atoms with Crippen LogP contribution < -0.4 is 11.5 Å². The summed E-state index contributed by atoms with van der Waals surface area (Å²) in [6, 6.07) is 7.91. The lowest BCUT2D eigenvalue weighted by Gasteiger charge is -2.06. The maximum absolute atomic E-state index is 5.28. The predicted octanol–water partition coefficient (Wildman–Crippen LogP) is 2.40. The molecule has 0 heterocycles. The van der Waals surface area contributed by atoms with Gasteiger partial charge in [-0.15, -0.1) is 24.0 Å². The quantitative estimate of drug-likeness (QED) is 0.477. The van der Waals surface area contributed by atoms with Gasteiger partial charge in [-0.3, -0.25) is 0 Å². The molecule has 0 saturated heterocycles. The number of benzene rings is 1. The van der Waals surface area contributed by atoms with E-state index in [4.69, 9.17) is 11.5 Å². The average molecular weight is 370 g/mol. The Hall–Kier alpha value is -0.300. The van der Waals surface area contributed by atoms with Gasteiger partial charge in [-0.1, -0.05) is 28.1 Å². The number of guanidine groups is 1. The first-order valence-corrected chi connectivity index (χ1v) is 4.73. The summed E-state index contributed by atoms with van der Waals surface area (Å²) in [5.41, 5.74) is 11.7. The molecule has 0 spiro atoms. The van der Waals surface area contributed by atoms with Crippen LogP contribution in [0.15, 0.2) is 33.7 Å². The van der Waals surface area contributed by atoms with E-state index in [1.807, 2.05) is 31.2 Å². The van der Waals surface area contributed by atoms with E-state index in [9.17, 15) is 0 Å². The van der Waals surface area contributed by atoms with E-state index in [-0.39, 0.29) is 36.0 Å². The third-order valence-corrected chi connectivity index (χ3v) is 2.17. The van der Waals surface area contributed by atoms with Crippen LogP contribution in [0.2, 0.25) is 0 Å². The molecule has 0 aromatic heterocycles. The van der Waals surface area contributed by atoms with E-state index >= 15 is 0 Å². The summed E-state index contributed by atoms with van der Waals surface area (Å²) in [5, 5.41) is 0. The molecule has 1 aromatic carbocycles. The Morgan fingerprint density at radius 2 is 2.07 bits per heavy atom. The van der Waals surface area contributed by atoms with Crippen molar-refractivity contribution < 1.29 is 0 Å². The van der Waals surface area contributed by atoms with Gasteiger partial charge in [0.05, 0.1) is 6.04 Å². The Labute approximate surface area is 109 Å². The van der Waals surface area contributed by atoms with Gasteiger partial charge >= 0.3 is 0 Å². The summed E-state index contributed by atoms with van der Waals surface area (Å²) >= 11 is 3.39. The van der Waals surface area contributed by atoms with Crippen molar-refractivity contribution in [2.24, 2.45) is 16.5 Å². The molecule has 0 bridgehead atoms. The Morgan fingerprint density at radius 1 is 1.43 bits per heavy atom. The van der Waals surface area contributed by atoms with Gasteiger partial charge in [0.25, 0.3) is 0 Å². The van der Waals surface area contributed by atoms with E-state index in [0.29, 0.717) is 0 Å². The van der Waals surface area contributed by atoms with Crippen LogP contribution in [0.1, 0.15) is 18.5 Å². The van der Waals surface area contributed by atoms with Gasteiger partial charge < -0.3 is 11.5 Å². The average Bonchev–Trinajstić information content (AvgIpc) is 2.03. The fraction of sp³-hybridized carbons (Fsp3) is 0.222. The third kappa shape index (κ3) is 4.28. The van der Waals surface area contributed by atoms with Gasteiger partial charge in [0.15, 0.2) is 5.96 Å². The normalized spacial score (nSPS) is 11.3. The third-order valence-electron chi connectivity index (χ3n) is 1.67. The van der Waals surface area contributed by atoms with Crippen molar-refractivity contribution in [1.29, 1.82) is 0 Å². The van der Waals surface area contributed by atoms with E-state index in [1.165, 1.54) is 0 Å². The second-order valence-corrected chi connectivity index (χ2v) is 3.70. The SMILES string of the molecule is CC(N=C(N)N)c1cccc(Br)c1.I. The lowest BCUT2D eigenvalue weighted by Crippen LogP contribution is -2.23. The van der Waals surface area contributed by atoms with Crippen LogP contribution in [-0.4, -0.2) is 5.96 Å². The Bertz CT molecular complexity index is 324. The topological polar surface area (TPSA) is 64.4 Å². The molecule has 0 fully saturated rings. The van der Waals surface area contributed by atoms with Gasteiger partial charge in [0, 0.05) is 4.47 Å². The molecule has 0 aliphatic rings. The fourth-order valence-corrected chi connectivity index (χ4v) is 1.48. The number of nitrogens with two attached hydrogens (primary N) is 2. The monoisotopic (exact) mass is 369 g/mol. The number of rotatable bonds is 2. The van der Waals surface area contributed by atoms with E-state index in [2.05, 4.69) is 20.9 Å². The van der Waals surface area contributed by atoms with Gasteiger partial charge in [0.2, 0.25) is 0 Å². The number of hydrogen-bond acceptors (Lipinski definition) is 1. The molecule has 0 saturated carbocycles. The van der Waals surface area contributed by atoms with Crippen molar-refractivity contribution in [3.8, 4) is 0 Å². The standard InChI is InChI=1S/C9H12BrN3.HI/c1-6(13-9(11)12)7-3-2-4-8(10)5-7;/h2-6H,1H3,(H4,11,12,13);1H. The Morgan fingerprint density at radius 3 is 2.57 bits per heavy atom. The molecule has 0 amide bonds. The summed E-state index contributed by atoms with van der Waals surface area (Å²) in [7, 11) is 0. The first kappa shape index (κ1) is 13.7. The second kappa shape index (κ2) is 6.23. The fourth-order valence-electron chi connectivity index (χ4n) is 1.06. The number of nitrogens with zero attached hydrogens (tertiary/aromatic N) is 1. The highest BCUT2D eigenvalue weighted by Gasteiger charge is 2.02. The molecule has 1 rings (SSSR count). The molecule has 78 valence electrons. The minimum atomic E-state index is 0. The Balaban J connectivity index is 0.00000169. The van der Waals surface area contributed by atoms with Crippen molar-refractivity contribution in [2.75, 3.05) is 0 Å². The molecule has 0 aliphatic carbocycles. The van der Waals surface area contributed by atoms with Crippen LogP contribution in [0.5, 0.6) is 0 Å². The van der Waals surface area contributed by atoms with E-state index < -0.39 is 0 Å². The van der Waals surface area contributed by atoms with Gasteiger partial charge in [-0.25, -0.2) is 4.99 Å². The summed E-state index contributed by atoms with van der Waals surface area (Å²) in [5.74, 6) is 0.118. The first-order valence-electron chi connectivity index (χ1n) is 3.94. The van der Waals surface area contributed by atoms with Crippen LogP contribution in [0.4, 0.5) is 0 Å². The van der Waals surface area contributed by atoms with Gasteiger partial charge in [-0.05, 0) is 24.6 Å². The van der Waals surface area contributed by atoms with Crippen LogP contribution in [0.3, 0.4) is 0 Å². The highest BCUT2D eigenvalue weighted by atomic mass is 127. The number of halogens is 2. The zero-order valence-electron chi connectivity index (χ0n) is 7.77. The lowest BCUT2D eigenvalue weighted by molar-refractivity contribution is 0.815. The smallest absolute Gasteiger partial charge is 0.186 e. The number of aliphatic imine (C=N–C) groups is 1. The van der Waals surface area contributed by atoms with Crippen LogP contribution in [-0.2, 0) is 0 Å².